The Morgan fingerprint density at radius 3 is 2.65 bits per heavy atom. The molecule has 3 rings (SSSR count). The van der Waals surface area contributed by atoms with Gasteiger partial charge in [0, 0.05) is 24.6 Å². The molecular weight excluding hydrogens is 250 g/mol. The van der Waals surface area contributed by atoms with Crippen LogP contribution in [0, 0.1) is 12.3 Å². The first-order valence-electron chi connectivity index (χ1n) is 7.60. The molecule has 1 saturated heterocycles. The number of hydrazine groups is 1. The molecule has 110 valence electrons. The van der Waals surface area contributed by atoms with Gasteiger partial charge in [-0.2, -0.15) is 0 Å². The van der Waals surface area contributed by atoms with E-state index in [1.807, 2.05) is 0 Å². The van der Waals surface area contributed by atoms with Gasteiger partial charge in [-0.15, -0.1) is 0 Å². The highest BCUT2D eigenvalue weighted by atomic mass is 15.3. The fourth-order valence-electron chi connectivity index (χ4n) is 3.10. The van der Waals surface area contributed by atoms with Crippen molar-refractivity contribution in [2.75, 3.05) is 23.4 Å². The van der Waals surface area contributed by atoms with Gasteiger partial charge in [-0.05, 0) is 38.0 Å². The molecule has 5 nitrogen and oxygen atoms in total. The third kappa shape index (κ3) is 2.59. The van der Waals surface area contributed by atoms with E-state index in [0.717, 1.165) is 36.1 Å². The Hall–Kier alpha value is -1.36. The zero-order valence-corrected chi connectivity index (χ0v) is 12.7. The number of nitrogens with one attached hydrogen (secondary N) is 1. The maximum Gasteiger partial charge on any atom is 0.148 e. The predicted octanol–water partition coefficient (Wildman–Crippen LogP) is 2.57. The van der Waals surface area contributed by atoms with Gasteiger partial charge in [0.05, 0.1) is 0 Å². The van der Waals surface area contributed by atoms with Crippen molar-refractivity contribution in [3.63, 3.8) is 0 Å². The van der Waals surface area contributed by atoms with Gasteiger partial charge in [0.2, 0.25) is 0 Å². The number of rotatable bonds is 3. The van der Waals surface area contributed by atoms with E-state index in [9.17, 15) is 0 Å². The second kappa shape index (κ2) is 4.88. The van der Waals surface area contributed by atoms with Crippen LogP contribution in [0.3, 0.4) is 0 Å². The van der Waals surface area contributed by atoms with Crippen LogP contribution in [0.1, 0.15) is 56.8 Å². The van der Waals surface area contributed by atoms with Crippen LogP contribution in [-0.4, -0.2) is 23.1 Å². The lowest BCUT2D eigenvalue weighted by atomic mass is 9.84. The lowest BCUT2D eigenvalue weighted by Crippen LogP contribution is -2.41. The number of piperidine rings is 1. The summed E-state index contributed by atoms with van der Waals surface area (Å²) in [6.07, 6.45) is 4.92. The molecule has 1 aliphatic heterocycles. The lowest BCUT2D eigenvalue weighted by molar-refractivity contribution is 0.291. The lowest BCUT2D eigenvalue weighted by Gasteiger charge is -2.39. The Morgan fingerprint density at radius 1 is 1.30 bits per heavy atom. The number of anilines is 2. The van der Waals surface area contributed by atoms with Gasteiger partial charge < -0.3 is 10.3 Å². The summed E-state index contributed by atoms with van der Waals surface area (Å²) in [6, 6.07) is 0. The van der Waals surface area contributed by atoms with E-state index in [0.29, 0.717) is 11.3 Å². The van der Waals surface area contributed by atoms with Crippen molar-refractivity contribution < 1.29 is 0 Å². The molecule has 0 aromatic carbocycles. The van der Waals surface area contributed by atoms with Crippen LogP contribution in [0.15, 0.2) is 0 Å². The van der Waals surface area contributed by atoms with Crippen LogP contribution in [0.4, 0.5) is 11.6 Å². The molecule has 0 amide bonds. The summed E-state index contributed by atoms with van der Waals surface area (Å²) in [5.74, 6) is 8.98. The zero-order chi connectivity index (χ0) is 14.3. The van der Waals surface area contributed by atoms with Gasteiger partial charge in [0.25, 0.3) is 0 Å². The van der Waals surface area contributed by atoms with E-state index < -0.39 is 0 Å². The van der Waals surface area contributed by atoms with Gasteiger partial charge in [0.1, 0.15) is 17.5 Å². The molecule has 0 unspecified atom stereocenters. The predicted molar refractivity (Wildman–Crippen MR) is 81.8 cm³/mol. The molecule has 1 saturated carbocycles. The molecule has 1 aromatic rings. The van der Waals surface area contributed by atoms with Crippen LogP contribution in [0.5, 0.6) is 0 Å². The molecule has 1 aliphatic carbocycles. The van der Waals surface area contributed by atoms with E-state index in [4.69, 9.17) is 10.8 Å². The van der Waals surface area contributed by atoms with Crippen LogP contribution in [-0.2, 0) is 0 Å². The molecule has 1 aromatic heterocycles. The fourth-order valence-corrected chi connectivity index (χ4v) is 3.10. The molecule has 5 heteroatoms. The van der Waals surface area contributed by atoms with Crippen LogP contribution >= 0.6 is 0 Å². The summed E-state index contributed by atoms with van der Waals surface area (Å²) in [6.45, 7) is 8.86. The van der Waals surface area contributed by atoms with Gasteiger partial charge in [-0.1, -0.05) is 13.8 Å². The number of hydrogen-bond acceptors (Lipinski definition) is 5. The molecule has 0 spiro atoms. The van der Waals surface area contributed by atoms with Crippen LogP contribution in [0.25, 0.3) is 0 Å². The summed E-state index contributed by atoms with van der Waals surface area (Å²) in [4.78, 5) is 11.8. The third-order valence-corrected chi connectivity index (χ3v) is 4.42. The molecule has 2 heterocycles. The second-order valence-electron chi connectivity index (χ2n) is 6.99. The van der Waals surface area contributed by atoms with E-state index in [1.165, 1.54) is 25.7 Å². The largest absolute Gasteiger partial charge is 0.356 e. The summed E-state index contributed by atoms with van der Waals surface area (Å²) in [5, 5.41) is 0. The number of nitrogens with two attached hydrogens (primary N) is 1. The number of aromatic nitrogens is 2. The first-order chi connectivity index (χ1) is 9.50. The topological polar surface area (TPSA) is 67.1 Å². The average molecular weight is 275 g/mol. The Balaban J connectivity index is 1.96. The van der Waals surface area contributed by atoms with Crippen LogP contribution < -0.4 is 16.2 Å². The van der Waals surface area contributed by atoms with Crippen molar-refractivity contribution in [3.05, 3.63) is 11.4 Å². The molecule has 0 atom stereocenters. The Kier molecular flexibility index (Phi) is 3.32. The number of nitrogens with zero attached hydrogens (tertiary/aromatic N) is 3. The highest BCUT2D eigenvalue weighted by molar-refractivity contribution is 5.59. The summed E-state index contributed by atoms with van der Waals surface area (Å²) < 4.78 is 0. The SMILES string of the molecule is Cc1c(NN)nc(C2CC2)nc1N1CCCC(C)(C)C1. The maximum absolute atomic E-state index is 5.63. The van der Waals surface area contributed by atoms with Gasteiger partial charge in [0.15, 0.2) is 0 Å². The number of hydrogen-bond donors (Lipinski definition) is 2. The van der Waals surface area contributed by atoms with Gasteiger partial charge in [-0.3, -0.25) is 0 Å². The Bertz CT molecular complexity index is 507. The van der Waals surface area contributed by atoms with Gasteiger partial charge >= 0.3 is 0 Å². The minimum absolute atomic E-state index is 0.353. The van der Waals surface area contributed by atoms with Crippen molar-refractivity contribution in [2.45, 2.75) is 52.4 Å². The highest BCUT2D eigenvalue weighted by Gasteiger charge is 2.32. The standard InChI is InChI=1S/C15H25N5/c1-10-12(19-16)17-13(11-5-6-11)18-14(10)20-8-4-7-15(2,3)9-20/h11H,4-9,16H2,1-3H3,(H,17,18,19). The van der Waals surface area contributed by atoms with Gasteiger partial charge in [-0.25, -0.2) is 15.8 Å². The van der Waals surface area contributed by atoms with Crippen molar-refractivity contribution in [1.82, 2.24) is 9.97 Å². The smallest absolute Gasteiger partial charge is 0.148 e. The zero-order valence-electron chi connectivity index (χ0n) is 12.7. The van der Waals surface area contributed by atoms with Crippen molar-refractivity contribution in [2.24, 2.45) is 11.3 Å². The van der Waals surface area contributed by atoms with Crippen molar-refractivity contribution >= 4 is 11.6 Å². The average Bonchev–Trinajstić information content (AvgIpc) is 3.22. The second-order valence-corrected chi connectivity index (χ2v) is 6.99. The highest BCUT2D eigenvalue weighted by Crippen LogP contribution is 2.40. The number of nitrogen functional groups attached to an aromatic ring is 1. The first kappa shape index (κ1) is 13.6. The summed E-state index contributed by atoms with van der Waals surface area (Å²) in [5.41, 5.74) is 4.16. The molecule has 3 N–H and O–H groups in total. The molecule has 20 heavy (non-hydrogen) atoms. The molecule has 0 radical (unpaired) electrons. The normalized spacial score (nSPS) is 21.9. The Morgan fingerprint density at radius 2 is 2.05 bits per heavy atom. The Labute approximate surface area is 120 Å². The molecule has 2 fully saturated rings. The van der Waals surface area contributed by atoms with Crippen molar-refractivity contribution in [1.29, 1.82) is 0 Å². The van der Waals surface area contributed by atoms with Crippen LogP contribution in [0.2, 0.25) is 0 Å². The first-order valence-corrected chi connectivity index (χ1v) is 7.60. The molecular formula is C15H25N5. The fraction of sp³-hybridized carbons (Fsp3) is 0.733. The monoisotopic (exact) mass is 275 g/mol. The van der Waals surface area contributed by atoms with E-state index in [2.05, 4.69) is 36.1 Å². The van der Waals surface area contributed by atoms with E-state index in [1.54, 1.807) is 0 Å². The minimum atomic E-state index is 0.353. The summed E-state index contributed by atoms with van der Waals surface area (Å²) in [7, 11) is 0. The summed E-state index contributed by atoms with van der Waals surface area (Å²) >= 11 is 0. The molecule has 0 bridgehead atoms. The maximum atomic E-state index is 5.63. The quantitative estimate of drug-likeness (QED) is 0.655. The minimum Gasteiger partial charge on any atom is -0.356 e. The molecule has 2 aliphatic rings. The third-order valence-electron chi connectivity index (χ3n) is 4.42. The van der Waals surface area contributed by atoms with E-state index >= 15 is 0 Å². The van der Waals surface area contributed by atoms with Crippen molar-refractivity contribution in [3.8, 4) is 0 Å². The van der Waals surface area contributed by atoms with E-state index in [-0.39, 0.29) is 0 Å².